The highest BCUT2D eigenvalue weighted by Gasteiger charge is 2.38. The Balaban J connectivity index is 1.14. The largest absolute Gasteiger partial charge is 0.309 e. The van der Waals surface area contributed by atoms with Crippen LogP contribution in [-0.4, -0.2) is 0 Å². The van der Waals surface area contributed by atoms with Crippen molar-refractivity contribution in [2.24, 2.45) is 0 Å². The molecule has 1 heterocycles. The number of benzene rings is 8. The minimum absolute atomic E-state index is 0.0421. The predicted molar refractivity (Wildman–Crippen MR) is 240 cm³/mol. The van der Waals surface area contributed by atoms with Gasteiger partial charge >= 0.3 is 0 Å². The normalized spacial score (nSPS) is 14.4. The molecule has 0 fully saturated rings. The summed E-state index contributed by atoms with van der Waals surface area (Å²) in [4.78, 5) is 2.53. The van der Waals surface area contributed by atoms with Crippen LogP contribution in [0.4, 0.5) is 17.1 Å². The van der Waals surface area contributed by atoms with Gasteiger partial charge in [-0.15, -0.1) is 11.3 Å². The van der Waals surface area contributed by atoms with E-state index in [0.29, 0.717) is 0 Å². The van der Waals surface area contributed by atoms with Gasteiger partial charge in [0.2, 0.25) is 0 Å². The minimum atomic E-state index is -0.117. The molecule has 268 valence electrons. The summed E-state index contributed by atoms with van der Waals surface area (Å²) in [5, 5.41) is 2.64. The molecule has 0 spiro atoms. The van der Waals surface area contributed by atoms with Gasteiger partial charge in [0.1, 0.15) is 0 Å². The fourth-order valence-electron chi connectivity index (χ4n) is 9.86. The van der Waals surface area contributed by atoms with Crippen LogP contribution in [0.1, 0.15) is 49.9 Å². The van der Waals surface area contributed by atoms with Crippen LogP contribution in [0.3, 0.4) is 0 Å². The second-order valence-electron chi connectivity index (χ2n) is 16.5. The van der Waals surface area contributed by atoms with E-state index in [4.69, 9.17) is 0 Å². The third kappa shape index (κ3) is 4.79. The quantitative estimate of drug-likeness (QED) is 0.170. The van der Waals surface area contributed by atoms with Crippen molar-refractivity contribution in [2.45, 2.75) is 38.5 Å². The van der Waals surface area contributed by atoms with E-state index in [1.165, 1.54) is 92.6 Å². The Morgan fingerprint density at radius 2 is 0.964 bits per heavy atom. The van der Waals surface area contributed by atoms with Gasteiger partial charge in [0.15, 0.2) is 0 Å². The second kappa shape index (κ2) is 12.1. The average Bonchev–Trinajstić information content (AvgIpc) is 3.81. The Bertz CT molecular complexity index is 3050. The number of hydrogen-bond acceptors (Lipinski definition) is 2. The summed E-state index contributed by atoms with van der Waals surface area (Å²) in [7, 11) is 0. The molecule has 0 amide bonds. The maximum atomic E-state index is 2.53. The molecule has 8 aromatic carbocycles. The molecular weight excluding hydrogens is 695 g/mol. The van der Waals surface area contributed by atoms with E-state index in [2.05, 4.69) is 209 Å². The van der Waals surface area contributed by atoms with E-state index >= 15 is 0 Å². The van der Waals surface area contributed by atoms with Crippen LogP contribution in [-0.2, 0) is 10.8 Å². The van der Waals surface area contributed by atoms with Crippen LogP contribution >= 0.6 is 11.3 Å². The number of anilines is 3. The van der Waals surface area contributed by atoms with Crippen molar-refractivity contribution in [3.63, 3.8) is 0 Å². The summed E-state index contributed by atoms with van der Waals surface area (Å²) in [5.41, 5.74) is 19.0. The molecule has 0 atom stereocenters. The third-order valence-corrected chi connectivity index (χ3v) is 13.8. The zero-order chi connectivity index (χ0) is 37.8. The molecular formula is C54H41NS. The zero-order valence-corrected chi connectivity index (χ0v) is 32.9. The Morgan fingerprint density at radius 3 is 1.82 bits per heavy atom. The lowest BCUT2D eigenvalue weighted by Crippen LogP contribution is -2.16. The minimum Gasteiger partial charge on any atom is -0.309 e. The van der Waals surface area contributed by atoms with Crippen LogP contribution in [0, 0.1) is 0 Å². The van der Waals surface area contributed by atoms with Gasteiger partial charge in [0.25, 0.3) is 0 Å². The van der Waals surface area contributed by atoms with Crippen LogP contribution in [0.15, 0.2) is 176 Å². The summed E-state index contributed by atoms with van der Waals surface area (Å²) in [6, 6.07) is 65.9. The Hall–Kier alpha value is -6.22. The molecule has 0 unspecified atom stereocenters. The standard InChI is InChI=1S/C54H41NS/c1-53(2)44-21-9-5-18-39(44)42-33-36(27-29-46(42)53)38-17-7-11-24-48(38)55(49-25-14-23-47-52(49)41-20-6-10-22-45(41)54(47,3)4)37-16-13-15-34(31-37)35-28-30-51-43(32-35)40-19-8-12-26-50(40)56-51/h5-33H,1-4H3. The number of nitrogens with zero attached hydrogens (tertiary/aromatic N) is 1. The van der Waals surface area contributed by atoms with Gasteiger partial charge in [0.05, 0.1) is 11.4 Å². The molecule has 11 rings (SSSR count). The van der Waals surface area contributed by atoms with Crippen molar-refractivity contribution in [2.75, 3.05) is 4.90 Å². The molecule has 2 aliphatic rings. The van der Waals surface area contributed by atoms with E-state index in [-0.39, 0.29) is 10.8 Å². The highest BCUT2D eigenvalue weighted by atomic mass is 32.1. The molecule has 2 aliphatic carbocycles. The van der Waals surface area contributed by atoms with Gasteiger partial charge in [-0.2, -0.15) is 0 Å². The Kier molecular flexibility index (Phi) is 7.18. The Labute approximate surface area is 333 Å². The van der Waals surface area contributed by atoms with Crippen molar-refractivity contribution >= 4 is 48.6 Å². The third-order valence-electron chi connectivity index (χ3n) is 12.7. The van der Waals surface area contributed by atoms with Crippen LogP contribution < -0.4 is 4.90 Å². The van der Waals surface area contributed by atoms with Gasteiger partial charge in [0, 0.05) is 47.8 Å². The van der Waals surface area contributed by atoms with E-state index in [1.807, 2.05) is 11.3 Å². The Morgan fingerprint density at radius 1 is 0.375 bits per heavy atom. The van der Waals surface area contributed by atoms with E-state index in [1.54, 1.807) is 0 Å². The van der Waals surface area contributed by atoms with Gasteiger partial charge in [-0.1, -0.05) is 155 Å². The van der Waals surface area contributed by atoms with Gasteiger partial charge in [-0.3, -0.25) is 0 Å². The number of thiophene rings is 1. The predicted octanol–water partition coefficient (Wildman–Crippen LogP) is 15.5. The molecule has 0 bridgehead atoms. The van der Waals surface area contributed by atoms with Crippen LogP contribution in [0.25, 0.3) is 64.7 Å². The van der Waals surface area contributed by atoms with Crippen molar-refractivity contribution in [1.29, 1.82) is 0 Å². The first-order valence-corrected chi connectivity index (χ1v) is 20.5. The fraction of sp³-hybridized carbons (Fsp3) is 0.111. The lowest BCUT2D eigenvalue weighted by Gasteiger charge is -2.31. The van der Waals surface area contributed by atoms with Crippen LogP contribution in [0.5, 0.6) is 0 Å². The first-order valence-electron chi connectivity index (χ1n) is 19.7. The van der Waals surface area contributed by atoms with Gasteiger partial charge in [-0.25, -0.2) is 0 Å². The SMILES string of the molecule is CC1(C)c2ccccc2-c2cc(-c3ccccc3N(c3cccc(-c4ccc5sc6ccccc6c5c4)c3)c3cccc4c3-c3ccccc3C4(C)C)ccc21. The smallest absolute Gasteiger partial charge is 0.0543 e. The molecule has 2 heteroatoms. The molecule has 1 nitrogen and oxygen atoms in total. The highest BCUT2D eigenvalue weighted by molar-refractivity contribution is 7.25. The van der Waals surface area contributed by atoms with E-state index < -0.39 is 0 Å². The van der Waals surface area contributed by atoms with Crippen LogP contribution in [0.2, 0.25) is 0 Å². The molecule has 9 aromatic rings. The topological polar surface area (TPSA) is 3.24 Å². The number of rotatable bonds is 5. The van der Waals surface area contributed by atoms with Gasteiger partial charge < -0.3 is 4.90 Å². The summed E-state index contributed by atoms with van der Waals surface area (Å²) in [5.74, 6) is 0. The molecule has 0 N–H and O–H groups in total. The van der Waals surface area contributed by atoms with Crippen molar-refractivity contribution in [1.82, 2.24) is 0 Å². The zero-order valence-electron chi connectivity index (χ0n) is 32.1. The van der Waals surface area contributed by atoms with Gasteiger partial charge in [-0.05, 0) is 104 Å². The summed E-state index contributed by atoms with van der Waals surface area (Å²) < 4.78 is 2.65. The maximum absolute atomic E-state index is 2.53. The summed E-state index contributed by atoms with van der Waals surface area (Å²) in [6.07, 6.45) is 0. The second-order valence-corrected chi connectivity index (χ2v) is 17.6. The van der Waals surface area contributed by atoms with Crippen molar-refractivity contribution in [3.8, 4) is 44.5 Å². The first kappa shape index (κ1) is 33.1. The van der Waals surface area contributed by atoms with Crippen molar-refractivity contribution < 1.29 is 0 Å². The maximum Gasteiger partial charge on any atom is 0.0543 e. The summed E-state index contributed by atoms with van der Waals surface area (Å²) in [6.45, 7) is 9.45. The van der Waals surface area contributed by atoms with E-state index in [0.717, 1.165) is 11.4 Å². The molecule has 0 aliphatic heterocycles. The monoisotopic (exact) mass is 735 g/mol. The average molecular weight is 736 g/mol. The lowest BCUT2D eigenvalue weighted by molar-refractivity contribution is 0.660. The summed E-state index contributed by atoms with van der Waals surface area (Å²) >= 11 is 1.87. The lowest BCUT2D eigenvalue weighted by atomic mass is 9.82. The molecule has 0 saturated heterocycles. The first-order chi connectivity index (χ1) is 27.3. The number of hydrogen-bond donors (Lipinski definition) is 0. The molecule has 1 aromatic heterocycles. The highest BCUT2D eigenvalue weighted by Crippen LogP contribution is 2.56. The van der Waals surface area contributed by atoms with Crippen molar-refractivity contribution in [3.05, 3.63) is 198 Å². The number of para-hydroxylation sites is 1. The fourth-order valence-corrected chi connectivity index (χ4v) is 10.9. The molecule has 0 radical (unpaired) electrons. The molecule has 0 saturated carbocycles. The number of fused-ring (bicyclic) bond motifs is 9. The molecule has 56 heavy (non-hydrogen) atoms. The van der Waals surface area contributed by atoms with E-state index in [9.17, 15) is 0 Å².